The Hall–Kier alpha value is -2.73. The third kappa shape index (κ3) is 4.65. The Morgan fingerprint density at radius 1 is 1.07 bits per heavy atom. The molecule has 0 radical (unpaired) electrons. The SMILES string of the molecule is COc1cc(C(=O)NCc2ccccc2CN2CCCCC2)cc2c1OCCO2. The monoisotopic (exact) mass is 396 g/mol. The summed E-state index contributed by atoms with van der Waals surface area (Å²) in [5, 5.41) is 3.04. The van der Waals surface area contributed by atoms with Crippen LogP contribution < -0.4 is 19.5 Å². The minimum atomic E-state index is -0.159. The summed E-state index contributed by atoms with van der Waals surface area (Å²) in [5.74, 6) is 1.46. The molecule has 1 N–H and O–H groups in total. The maximum atomic E-state index is 12.8. The highest BCUT2D eigenvalue weighted by atomic mass is 16.6. The summed E-state index contributed by atoms with van der Waals surface area (Å²) in [6.07, 6.45) is 3.86. The molecule has 2 aromatic carbocycles. The second-order valence-electron chi connectivity index (χ2n) is 7.49. The van der Waals surface area contributed by atoms with Gasteiger partial charge < -0.3 is 19.5 Å². The number of hydrogen-bond donors (Lipinski definition) is 1. The van der Waals surface area contributed by atoms with Crippen molar-refractivity contribution in [2.45, 2.75) is 32.4 Å². The van der Waals surface area contributed by atoms with Crippen molar-refractivity contribution < 1.29 is 19.0 Å². The maximum absolute atomic E-state index is 12.8. The van der Waals surface area contributed by atoms with Gasteiger partial charge in [0.05, 0.1) is 7.11 Å². The van der Waals surface area contributed by atoms with Crippen molar-refractivity contribution in [1.29, 1.82) is 0 Å². The van der Waals surface area contributed by atoms with Crippen LogP contribution in [0.1, 0.15) is 40.7 Å². The number of hydrogen-bond acceptors (Lipinski definition) is 5. The number of piperidine rings is 1. The summed E-state index contributed by atoms with van der Waals surface area (Å²) >= 11 is 0. The molecule has 6 nitrogen and oxygen atoms in total. The molecule has 4 rings (SSSR count). The van der Waals surface area contributed by atoms with E-state index in [1.54, 1.807) is 19.2 Å². The zero-order valence-electron chi connectivity index (χ0n) is 16.9. The lowest BCUT2D eigenvalue weighted by Crippen LogP contribution is -2.30. The molecule has 6 heteroatoms. The van der Waals surface area contributed by atoms with E-state index < -0.39 is 0 Å². The standard InChI is InChI=1S/C23H28N2O4/c1-27-20-13-19(14-21-22(20)29-12-11-28-21)23(26)24-15-17-7-3-4-8-18(17)16-25-9-5-2-6-10-25/h3-4,7-8,13-14H,2,5-6,9-12,15-16H2,1H3,(H,24,26). The van der Waals surface area contributed by atoms with E-state index in [0.29, 0.717) is 42.6 Å². The van der Waals surface area contributed by atoms with Crippen LogP contribution >= 0.6 is 0 Å². The van der Waals surface area contributed by atoms with E-state index in [1.807, 2.05) is 6.07 Å². The van der Waals surface area contributed by atoms with Crippen molar-refractivity contribution in [2.24, 2.45) is 0 Å². The molecule has 154 valence electrons. The van der Waals surface area contributed by atoms with Gasteiger partial charge in [-0.15, -0.1) is 0 Å². The van der Waals surface area contributed by atoms with Gasteiger partial charge in [-0.2, -0.15) is 0 Å². The number of fused-ring (bicyclic) bond motifs is 1. The van der Waals surface area contributed by atoms with Crippen LogP contribution in [-0.4, -0.2) is 44.2 Å². The molecule has 2 aromatic rings. The molecule has 2 aliphatic rings. The number of nitrogens with one attached hydrogen (secondary N) is 1. The highest BCUT2D eigenvalue weighted by Gasteiger charge is 2.21. The van der Waals surface area contributed by atoms with E-state index in [0.717, 1.165) is 25.2 Å². The van der Waals surface area contributed by atoms with Crippen molar-refractivity contribution >= 4 is 5.91 Å². The largest absolute Gasteiger partial charge is 0.493 e. The molecule has 2 aliphatic heterocycles. The third-order valence-corrected chi connectivity index (χ3v) is 5.49. The summed E-state index contributed by atoms with van der Waals surface area (Å²) in [7, 11) is 1.56. The summed E-state index contributed by atoms with van der Waals surface area (Å²) in [4.78, 5) is 15.3. The van der Waals surface area contributed by atoms with E-state index in [9.17, 15) is 4.79 Å². The van der Waals surface area contributed by atoms with Crippen LogP contribution in [0.4, 0.5) is 0 Å². The van der Waals surface area contributed by atoms with E-state index in [1.165, 1.54) is 24.8 Å². The first-order chi connectivity index (χ1) is 14.2. The van der Waals surface area contributed by atoms with Crippen LogP contribution in [0.3, 0.4) is 0 Å². The molecule has 0 aliphatic carbocycles. The molecule has 1 fully saturated rings. The second-order valence-corrected chi connectivity index (χ2v) is 7.49. The fraction of sp³-hybridized carbons (Fsp3) is 0.435. The number of benzene rings is 2. The Kier molecular flexibility index (Phi) is 6.20. The zero-order valence-corrected chi connectivity index (χ0v) is 16.9. The average Bonchev–Trinajstić information content (AvgIpc) is 2.78. The predicted octanol–water partition coefficient (Wildman–Crippen LogP) is 3.38. The molecular formula is C23H28N2O4. The van der Waals surface area contributed by atoms with Crippen molar-refractivity contribution in [3.8, 4) is 17.2 Å². The van der Waals surface area contributed by atoms with Gasteiger partial charge in [0.15, 0.2) is 11.5 Å². The number of carbonyl (C=O) groups excluding carboxylic acids is 1. The van der Waals surface area contributed by atoms with Gasteiger partial charge in [0, 0.05) is 18.7 Å². The van der Waals surface area contributed by atoms with Crippen LogP contribution in [-0.2, 0) is 13.1 Å². The lowest BCUT2D eigenvalue weighted by atomic mass is 10.0. The zero-order chi connectivity index (χ0) is 20.1. The average molecular weight is 396 g/mol. The molecule has 1 saturated heterocycles. The maximum Gasteiger partial charge on any atom is 0.251 e. The van der Waals surface area contributed by atoms with E-state index in [-0.39, 0.29) is 5.91 Å². The molecule has 29 heavy (non-hydrogen) atoms. The molecule has 0 aromatic heterocycles. The Bertz CT molecular complexity index is 845. The Balaban J connectivity index is 1.45. The van der Waals surface area contributed by atoms with Crippen molar-refractivity contribution in [2.75, 3.05) is 33.4 Å². The second kappa shape index (κ2) is 9.18. The summed E-state index contributed by atoms with van der Waals surface area (Å²) in [5.41, 5.74) is 2.92. The normalized spacial score (nSPS) is 16.3. The van der Waals surface area contributed by atoms with Crippen molar-refractivity contribution in [1.82, 2.24) is 10.2 Å². The molecule has 0 atom stereocenters. The van der Waals surface area contributed by atoms with E-state index in [2.05, 4.69) is 28.4 Å². The van der Waals surface area contributed by atoms with Crippen LogP contribution in [0.2, 0.25) is 0 Å². The minimum absolute atomic E-state index is 0.159. The highest BCUT2D eigenvalue weighted by molar-refractivity contribution is 5.95. The first-order valence-electron chi connectivity index (χ1n) is 10.3. The minimum Gasteiger partial charge on any atom is -0.493 e. The van der Waals surface area contributed by atoms with Gasteiger partial charge in [0.2, 0.25) is 5.75 Å². The van der Waals surface area contributed by atoms with Crippen LogP contribution in [0.25, 0.3) is 0 Å². The van der Waals surface area contributed by atoms with Crippen LogP contribution in [0.15, 0.2) is 36.4 Å². The van der Waals surface area contributed by atoms with Gasteiger partial charge in [-0.25, -0.2) is 0 Å². The Morgan fingerprint density at radius 3 is 2.62 bits per heavy atom. The summed E-state index contributed by atoms with van der Waals surface area (Å²) < 4.78 is 16.6. The van der Waals surface area contributed by atoms with Crippen molar-refractivity contribution in [3.05, 3.63) is 53.1 Å². The van der Waals surface area contributed by atoms with Crippen LogP contribution in [0.5, 0.6) is 17.2 Å². The van der Waals surface area contributed by atoms with E-state index in [4.69, 9.17) is 14.2 Å². The first-order valence-corrected chi connectivity index (χ1v) is 10.3. The van der Waals surface area contributed by atoms with Gasteiger partial charge in [-0.3, -0.25) is 9.69 Å². The van der Waals surface area contributed by atoms with Gasteiger partial charge in [-0.1, -0.05) is 30.7 Å². The Morgan fingerprint density at radius 2 is 1.83 bits per heavy atom. The number of methoxy groups -OCH3 is 1. The number of nitrogens with zero attached hydrogens (tertiary/aromatic N) is 1. The molecule has 0 bridgehead atoms. The number of likely N-dealkylation sites (tertiary alicyclic amines) is 1. The molecule has 1 amide bonds. The molecule has 0 unspecified atom stereocenters. The van der Waals surface area contributed by atoms with E-state index >= 15 is 0 Å². The number of rotatable bonds is 6. The lowest BCUT2D eigenvalue weighted by molar-refractivity contribution is 0.0948. The van der Waals surface area contributed by atoms with Gasteiger partial charge in [-0.05, 0) is 49.2 Å². The molecular weight excluding hydrogens is 368 g/mol. The summed E-state index contributed by atoms with van der Waals surface area (Å²) in [6.45, 7) is 4.66. The van der Waals surface area contributed by atoms with Gasteiger partial charge >= 0.3 is 0 Å². The first kappa shape index (κ1) is 19.6. The van der Waals surface area contributed by atoms with Gasteiger partial charge in [0.1, 0.15) is 13.2 Å². The summed E-state index contributed by atoms with van der Waals surface area (Å²) in [6, 6.07) is 11.7. The predicted molar refractivity (Wildman–Crippen MR) is 111 cm³/mol. The molecule has 0 spiro atoms. The molecule has 2 heterocycles. The van der Waals surface area contributed by atoms with Crippen LogP contribution in [0, 0.1) is 0 Å². The fourth-order valence-electron chi connectivity index (χ4n) is 3.92. The fourth-order valence-corrected chi connectivity index (χ4v) is 3.92. The molecule has 0 saturated carbocycles. The quantitative estimate of drug-likeness (QED) is 0.811. The van der Waals surface area contributed by atoms with Gasteiger partial charge in [0.25, 0.3) is 5.91 Å². The number of carbonyl (C=O) groups is 1. The number of amides is 1. The lowest BCUT2D eigenvalue weighted by Gasteiger charge is -2.27. The number of ether oxygens (including phenoxy) is 3. The van der Waals surface area contributed by atoms with Crippen molar-refractivity contribution in [3.63, 3.8) is 0 Å². The topological polar surface area (TPSA) is 60.0 Å². The smallest absolute Gasteiger partial charge is 0.251 e. The third-order valence-electron chi connectivity index (χ3n) is 5.49. The highest BCUT2D eigenvalue weighted by Crippen LogP contribution is 2.40. The Labute approximate surface area is 171 Å².